The SMILES string of the molecule is CC(C)n1ncc2cc(C(=O)N3C[C@@H](N)[C@H](c4ccccc4)C3)cnc21.Cl.Cl. The maximum absolute atomic E-state index is 13.0. The third-order valence-electron chi connectivity index (χ3n) is 5.05. The minimum Gasteiger partial charge on any atom is -0.336 e. The molecule has 1 fully saturated rings. The van der Waals surface area contributed by atoms with Gasteiger partial charge in [0.25, 0.3) is 5.91 Å². The maximum atomic E-state index is 13.0. The van der Waals surface area contributed by atoms with Gasteiger partial charge in [-0.2, -0.15) is 5.10 Å². The number of nitrogens with zero attached hydrogens (tertiary/aromatic N) is 4. The monoisotopic (exact) mass is 421 g/mol. The van der Waals surface area contributed by atoms with E-state index >= 15 is 0 Å². The first-order chi connectivity index (χ1) is 12.5. The summed E-state index contributed by atoms with van der Waals surface area (Å²) in [6.07, 6.45) is 3.41. The molecular formula is C20H25Cl2N5O. The summed E-state index contributed by atoms with van der Waals surface area (Å²) in [7, 11) is 0. The van der Waals surface area contributed by atoms with Crippen molar-refractivity contribution < 1.29 is 4.79 Å². The molecule has 1 aromatic carbocycles. The molecule has 0 saturated carbocycles. The van der Waals surface area contributed by atoms with Gasteiger partial charge in [0, 0.05) is 42.7 Å². The summed E-state index contributed by atoms with van der Waals surface area (Å²) in [6, 6.07) is 12.2. The summed E-state index contributed by atoms with van der Waals surface area (Å²) < 4.78 is 1.86. The van der Waals surface area contributed by atoms with Crippen LogP contribution in [0.4, 0.5) is 0 Å². The van der Waals surface area contributed by atoms with Crippen molar-refractivity contribution in [2.45, 2.75) is 31.8 Å². The second kappa shape index (κ2) is 8.90. The highest BCUT2D eigenvalue weighted by Gasteiger charge is 2.34. The molecule has 1 amide bonds. The molecule has 0 radical (unpaired) electrons. The molecule has 3 aromatic rings. The first kappa shape index (κ1) is 22.1. The van der Waals surface area contributed by atoms with Crippen LogP contribution in [0.1, 0.15) is 41.7 Å². The normalized spacial score (nSPS) is 18.8. The molecule has 3 heterocycles. The van der Waals surface area contributed by atoms with E-state index in [1.807, 2.05) is 33.8 Å². The number of hydrogen-bond donors (Lipinski definition) is 1. The molecule has 1 aliphatic rings. The van der Waals surface area contributed by atoms with Gasteiger partial charge in [0.2, 0.25) is 0 Å². The molecule has 4 rings (SSSR count). The number of fused-ring (bicyclic) bond motifs is 1. The fourth-order valence-corrected chi connectivity index (χ4v) is 3.67. The van der Waals surface area contributed by atoms with Crippen LogP contribution in [0.25, 0.3) is 11.0 Å². The lowest BCUT2D eigenvalue weighted by molar-refractivity contribution is 0.0789. The van der Waals surface area contributed by atoms with Crippen molar-refractivity contribution in [2.24, 2.45) is 5.73 Å². The Morgan fingerprint density at radius 3 is 2.54 bits per heavy atom. The van der Waals surface area contributed by atoms with E-state index in [-0.39, 0.29) is 48.7 Å². The van der Waals surface area contributed by atoms with Gasteiger partial charge in [0.1, 0.15) is 0 Å². The Bertz CT molecular complexity index is 944. The molecule has 150 valence electrons. The topological polar surface area (TPSA) is 77.0 Å². The fraction of sp³-hybridized carbons (Fsp3) is 0.350. The molecule has 0 aliphatic carbocycles. The van der Waals surface area contributed by atoms with Gasteiger partial charge in [0.15, 0.2) is 5.65 Å². The van der Waals surface area contributed by atoms with Crippen LogP contribution in [0.15, 0.2) is 48.8 Å². The average Bonchev–Trinajstić information content (AvgIpc) is 3.25. The minimum absolute atomic E-state index is 0. The number of halogens is 2. The Balaban J connectivity index is 0.00000140. The summed E-state index contributed by atoms with van der Waals surface area (Å²) >= 11 is 0. The number of carbonyl (C=O) groups excluding carboxylic acids is 1. The Hall–Kier alpha value is -2.15. The van der Waals surface area contributed by atoms with Crippen LogP contribution < -0.4 is 5.73 Å². The summed E-state index contributed by atoms with van der Waals surface area (Å²) in [5.41, 5.74) is 8.89. The van der Waals surface area contributed by atoms with Crippen molar-refractivity contribution in [3.8, 4) is 0 Å². The number of carbonyl (C=O) groups is 1. The van der Waals surface area contributed by atoms with Crippen molar-refractivity contribution in [1.29, 1.82) is 0 Å². The predicted octanol–water partition coefficient (Wildman–Crippen LogP) is 3.42. The van der Waals surface area contributed by atoms with Crippen molar-refractivity contribution >= 4 is 41.8 Å². The molecule has 0 bridgehead atoms. The van der Waals surface area contributed by atoms with E-state index in [0.717, 1.165) is 11.0 Å². The Morgan fingerprint density at radius 2 is 1.86 bits per heavy atom. The number of rotatable bonds is 3. The van der Waals surface area contributed by atoms with E-state index in [4.69, 9.17) is 5.73 Å². The number of pyridine rings is 1. The quantitative estimate of drug-likeness (QED) is 0.702. The van der Waals surface area contributed by atoms with Crippen molar-refractivity contribution in [3.05, 3.63) is 59.9 Å². The van der Waals surface area contributed by atoms with E-state index in [0.29, 0.717) is 18.7 Å². The second-order valence-corrected chi connectivity index (χ2v) is 7.21. The van der Waals surface area contributed by atoms with E-state index in [1.165, 1.54) is 5.56 Å². The zero-order valence-corrected chi connectivity index (χ0v) is 17.5. The van der Waals surface area contributed by atoms with Gasteiger partial charge < -0.3 is 10.6 Å². The highest BCUT2D eigenvalue weighted by atomic mass is 35.5. The number of likely N-dealkylation sites (tertiary alicyclic amines) is 1. The van der Waals surface area contributed by atoms with E-state index in [1.54, 1.807) is 12.4 Å². The average molecular weight is 422 g/mol. The van der Waals surface area contributed by atoms with E-state index < -0.39 is 0 Å². The second-order valence-electron chi connectivity index (χ2n) is 7.21. The van der Waals surface area contributed by atoms with Crippen molar-refractivity contribution in [3.63, 3.8) is 0 Å². The first-order valence-corrected chi connectivity index (χ1v) is 8.97. The van der Waals surface area contributed by atoms with Crippen LogP contribution in [0.5, 0.6) is 0 Å². The fourth-order valence-electron chi connectivity index (χ4n) is 3.67. The van der Waals surface area contributed by atoms with Crippen LogP contribution in [0.2, 0.25) is 0 Å². The molecule has 1 aliphatic heterocycles. The Kier molecular flexibility index (Phi) is 7.04. The zero-order chi connectivity index (χ0) is 18.3. The number of hydrogen-bond acceptors (Lipinski definition) is 4. The summed E-state index contributed by atoms with van der Waals surface area (Å²) in [5.74, 6) is 0.145. The molecule has 2 atom stereocenters. The number of benzene rings is 1. The molecular weight excluding hydrogens is 397 g/mol. The number of nitrogens with two attached hydrogens (primary N) is 1. The summed E-state index contributed by atoms with van der Waals surface area (Å²) in [5, 5.41) is 5.25. The molecule has 2 N–H and O–H groups in total. The van der Waals surface area contributed by atoms with E-state index in [9.17, 15) is 4.79 Å². The highest BCUT2D eigenvalue weighted by Crippen LogP contribution is 2.28. The molecule has 6 nitrogen and oxygen atoms in total. The van der Waals surface area contributed by atoms with Gasteiger partial charge >= 0.3 is 0 Å². The lowest BCUT2D eigenvalue weighted by Crippen LogP contribution is -2.32. The van der Waals surface area contributed by atoms with Crippen LogP contribution in [-0.4, -0.2) is 44.7 Å². The van der Waals surface area contributed by atoms with Crippen LogP contribution in [0.3, 0.4) is 0 Å². The number of amides is 1. The lowest BCUT2D eigenvalue weighted by atomic mass is 9.95. The van der Waals surface area contributed by atoms with Gasteiger partial charge in [-0.1, -0.05) is 30.3 Å². The first-order valence-electron chi connectivity index (χ1n) is 8.97. The van der Waals surface area contributed by atoms with Gasteiger partial charge in [-0.25, -0.2) is 9.67 Å². The maximum Gasteiger partial charge on any atom is 0.255 e. The third kappa shape index (κ3) is 3.99. The largest absolute Gasteiger partial charge is 0.336 e. The Morgan fingerprint density at radius 1 is 1.14 bits per heavy atom. The highest BCUT2D eigenvalue weighted by molar-refractivity contribution is 5.97. The molecule has 1 saturated heterocycles. The van der Waals surface area contributed by atoms with Crippen LogP contribution in [0, 0.1) is 0 Å². The van der Waals surface area contributed by atoms with Gasteiger partial charge in [-0.05, 0) is 25.5 Å². The van der Waals surface area contributed by atoms with Gasteiger partial charge in [0.05, 0.1) is 11.8 Å². The standard InChI is InChI=1S/C20H23N5O.2ClH/c1-13(2)25-19-15(10-23-25)8-16(9-22-19)20(26)24-11-17(18(21)12-24)14-6-4-3-5-7-14;;/h3-10,13,17-18H,11-12,21H2,1-2H3;2*1H/t17-,18+;;/m0../s1. The van der Waals surface area contributed by atoms with E-state index in [2.05, 4.69) is 36.1 Å². The molecule has 28 heavy (non-hydrogen) atoms. The van der Waals surface area contributed by atoms with Crippen LogP contribution >= 0.6 is 24.8 Å². The predicted molar refractivity (Wildman–Crippen MR) is 115 cm³/mol. The Labute approximate surface area is 176 Å². The minimum atomic E-state index is -0.0540. The number of aromatic nitrogens is 3. The van der Waals surface area contributed by atoms with Gasteiger partial charge in [-0.3, -0.25) is 4.79 Å². The zero-order valence-electron chi connectivity index (χ0n) is 15.9. The molecule has 0 unspecified atom stereocenters. The summed E-state index contributed by atoms with van der Waals surface area (Å²) in [6.45, 7) is 5.31. The third-order valence-corrected chi connectivity index (χ3v) is 5.05. The summed E-state index contributed by atoms with van der Waals surface area (Å²) in [4.78, 5) is 19.3. The smallest absolute Gasteiger partial charge is 0.255 e. The lowest BCUT2D eigenvalue weighted by Gasteiger charge is -2.16. The van der Waals surface area contributed by atoms with Gasteiger partial charge in [-0.15, -0.1) is 24.8 Å². The molecule has 2 aromatic heterocycles. The van der Waals surface area contributed by atoms with Crippen molar-refractivity contribution in [2.75, 3.05) is 13.1 Å². The molecule has 0 spiro atoms. The molecule has 8 heteroatoms. The van der Waals surface area contributed by atoms with Crippen LogP contribution in [-0.2, 0) is 0 Å². The van der Waals surface area contributed by atoms with Crippen molar-refractivity contribution in [1.82, 2.24) is 19.7 Å².